The molecule has 0 aromatic rings. The number of likely N-dealkylation sites (N-methyl/N-ethyl adjacent to an activating group) is 1. The first-order valence-electron chi connectivity index (χ1n) is 5.61. The van der Waals surface area contributed by atoms with Crippen LogP contribution in [-0.2, 0) is 4.79 Å². The Morgan fingerprint density at radius 1 is 1.40 bits per heavy atom. The Morgan fingerprint density at radius 3 is 2.20 bits per heavy atom. The molecule has 0 radical (unpaired) electrons. The molecule has 0 saturated carbocycles. The Labute approximate surface area is 93.2 Å². The molecule has 0 rings (SSSR count). The zero-order chi connectivity index (χ0) is 12.1. The Morgan fingerprint density at radius 2 is 1.87 bits per heavy atom. The van der Waals surface area contributed by atoms with Crippen molar-refractivity contribution in [3.05, 3.63) is 0 Å². The lowest BCUT2D eigenvalue weighted by Crippen LogP contribution is -2.54. The van der Waals surface area contributed by atoms with Crippen molar-refractivity contribution in [2.24, 2.45) is 5.73 Å². The van der Waals surface area contributed by atoms with E-state index in [0.29, 0.717) is 25.4 Å². The van der Waals surface area contributed by atoms with Gasteiger partial charge in [-0.2, -0.15) is 0 Å². The van der Waals surface area contributed by atoms with Gasteiger partial charge in [-0.3, -0.25) is 4.79 Å². The SMILES string of the molecule is CCC(N)(CC)C(=O)NCC(C)N(C)C. The molecule has 0 aliphatic heterocycles. The Balaban J connectivity index is 4.14. The number of hydrogen-bond acceptors (Lipinski definition) is 3. The molecule has 0 heterocycles. The Kier molecular flexibility index (Phi) is 5.83. The third-order valence-electron chi connectivity index (χ3n) is 3.15. The van der Waals surface area contributed by atoms with Crippen LogP contribution in [0, 0.1) is 0 Å². The molecule has 15 heavy (non-hydrogen) atoms. The highest BCUT2D eigenvalue weighted by Gasteiger charge is 2.29. The van der Waals surface area contributed by atoms with Crippen LogP contribution in [0.15, 0.2) is 0 Å². The van der Waals surface area contributed by atoms with Crippen molar-refractivity contribution in [2.75, 3.05) is 20.6 Å². The number of carbonyl (C=O) groups excluding carboxylic acids is 1. The van der Waals surface area contributed by atoms with Gasteiger partial charge in [0.1, 0.15) is 0 Å². The summed E-state index contributed by atoms with van der Waals surface area (Å²) in [7, 11) is 3.98. The van der Waals surface area contributed by atoms with Crippen LogP contribution >= 0.6 is 0 Å². The monoisotopic (exact) mass is 215 g/mol. The first-order chi connectivity index (χ1) is 6.87. The molecule has 4 heteroatoms. The van der Waals surface area contributed by atoms with Gasteiger partial charge in [0, 0.05) is 12.6 Å². The first-order valence-corrected chi connectivity index (χ1v) is 5.61. The summed E-state index contributed by atoms with van der Waals surface area (Å²) < 4.78 is 0. The van der Waals surface area contributed by atoms with Gasteiger partial charge in [-0.25, -0.2) is 0 Å². The molecular formula is C11H25N3O. The van der Waals surface area contributed by atoms with Crippen molar-refractivity contribution in [3.8, 4) is 0 Å². The molecule has 0 aromatic heterocycles. The fourth-order valence-electron chi connectivity index (χ4n) is 1.17. The van der Waals surface area contributed by atoms with Gasteiger partial charge in [-0.15, -0.1) is 0 Å². The highest BCUT2D eigenvalue weighted by molar-refractivity contribution is 5.85. The quantitative estimate of drug-likeness (QED) is 0.681. The summed E-state index contributed by atoms with van der Waals surface area (Å²) >= 11 is 0. The lowest BCUT2D eigenvalue weighted by atomic mass is 9.93. The van der Waals surface area contributed by atoms with E-state index in [1.54, 1.807) is 0 Å². The molecule has 0 aliphatic carbocycles. The van der Waals surface area contributed by atoms with E-state index in [4.69, 9.17) is 5.73 Å². The van der Waals surface area contributed by atoms with Crippen LogP contribution in [0.5, 0.6) is 0 Å². The van der Waals surface area contributed by atoms with Gasteiger partial charge in [-0.1, -0.05) is 13.8 Å². The number of nitrogens with one attached hydrogen (secondary N) is 1. The molecule has 0 spiro atoms. The first kappa shape index (κ1) is 14.4. The van der Waals surface area contributed by atoms with Crippen LogP contribution in [0.4, 0.5) is 0 Å². The third kappa shape index (κ3) is 4.18. The molecule has 3 N–H and O–H groups in total. The van der Waals surface area contributed by atoms with Gasteiger partial charge in [0.05, 0.1) is 5.54 Å². The molecule has 0 saturated heterocycles. The number of nitrogens with two attached hydrogens (primary N) is 1. The Hall–Kier alpha value is -0.610. The van der Waals surface area contributed by atoms with Gasteiger partial charge >= 0.3 is 0 Å². The number of hydrogen-bond donors (Lipinski definition) is 2. The molecule has 0 fully saturated rings. The van der Waals surface area contributed by atoms with Crippen LogP contribution in [0.1, 0.15) is 33.6 Å². The maximum atomic E-state index is 11.8. The molecule has 1 atom stereocenters. The van der Waals surface area contributed by atoms with Crippen LogP contribution in [0.2, 0.25) is 0 Å². The van der Waals surface area contributed by atoms with E-state index in [0.717, 1.165) is 0 Å². The lowest BCUT2D eigenvalue weighted by molar-refractivity contribution is -0.126. The summed E-state index contributed by atoms with van der Waals surface area (Å²) in [4.78, 5) is 13.9. The van der Waals surface area contributed by atoms with Gasteiger partial charge in [-0.05, 0) is 33.9 Å². The number of nitrogens with zero attached hydrogens (tertiary/aromatic N) is 1. The van der Waals surface area contributed by atoms with Crippen LogP contribution in [-0.4, -0.2) is 43.0 Å². The second kappa shape index (κ2) is 6.08. The summed E-state index contributed by atoms with van der Waals surface area (Å²) in [6, 6.07) is 0.326. The smallest absolute Gasteiger partial charge is 0.240 e. The normalized spacial score (nSPS) is 14.1. The standard InChI is InChI=1S/C11H25N3O/c1-6-11(12,7-2)10(15)13-8-9(3)14(4)5/h9H,6-8,12H2,1-5H3,(H,13,15). The van der Waals surface area contributed by atoms with E-state index >= 15 is 0 Å². The number of carbonyl (C=O) groups is 1. The van der Waals surface area contributed by atoms with Gasteiger partial charge < -0.3 is 16.0 Å². The predicted molar refractivity (Wildman–Crippen MR) is 63.7 cm³/mol. The summed E-state index contributed by atoms with van der Waals surface area (Å²) in [6.07, 6.45) is 1.34. The minimum atomic E-state index is -0.702. The van der Waals surface area contributed by atoms with Crippen molar-refractivity contribution in [1.82, 2.24) is 10.2 Å². The third-order valence-corrected chi connectivity index (χ3v) is 3.15. The van der Waals surface area contributed by atoms with Crippen molar-refractivity contribution in [2.45, 2.75) is 45.2 Å². The number of amides is 1. The summed E-state index contributed by atoms with van der Waals surface area (Å²) in [5.41, 5.74) is 5.27. The average molecular weight is 215 g/mol. The van der Waals surface area contributed by atoms with Gasteiger partial charge in [0.25, 0.3) is 0 Å². The van der Waals surface area contributed by atoms with E-state index < -0.39 is 5.54 Å². The fraction of sp³-hybridized carbons (Fsp3) is 0.909. The lowest BCUT2D eigenvalue weighted by Gasteiger charge is -2.27. The van der Waals surface area contributed by atoms with E-state index in [2.05, 4.69) is 17.1 Å². The van der Waals surface area contributed by atoms with Crippen LogP contribution in [0.25, 0.3) is 0 Å². The number of rotatable bonds is 6. The van der Waals surface area contributed by atoms with Crippen molar-refractivity contribution >= 4 is 5.91 Å². The molecule has 1 amide bonds. The predicted octanol–water partition coefficient (Wildman–Crippen LogP) is 0.570. The van der Waals surface area contributed by atoms with Crippen molar-refractivity contribution in [3.63, 3.8) is 0 Å². The minimum absolute atomic E-state index is 0.0406. The van der Waals surface area contributed by atoms with Crippen molar-refractivity contribution in [1.29, 1.82) is 0 Å². The van der Waals surface area contributed by atoms with Gasteiger partial charge in [0.2, 0.25) is 5.91 Å². The summed E-state index contributed by atoms with van der Waals surface area (Å²) in [5, 5.41) is 2.90. The summed E-state index contributed by atoms with van der Waals surface area (Å²) in [5.74, 6) is -0.0406. The molecule has 90 valence electrons. The molecule has 1 unspecified atom stereocenters. The highest BCUT2D eigenvalue weighted by Crippen LogP contribution is 2.10. The van der Waals surface area contributed by atoms with E-state index in [9.17, 15) is 4.79 Å². The fourth-order valence-corrected chi connectivity index (χ4v) is 1.17. The van der Waals surface area contributed by atoms with E-state index in [1.807, 2.05) is 27.9 Å². The average Bonchev–Trinajstić information content (AvgIpc) is 2.23. The molecule has 4 nitrogen and oxygen atoms in total. The molecular weight excluding hydrogens is 190 g/mol. The minimum Gasteiger partial charge on any atom is -0.353 e. The zero-order valence-corrected chi connectivity index (χ0v) is 10.6. The second-order valence-corrected chi connectivity index (χ2v) is 4.39. The molecule has 0 aliphatic rings. The van der Waals surface area contributed by atoms with E-state index in [1.165, 1.54) is 0 Å². The van der Waals surface area contributed by atoms with Gasteiger partial charge in [0.15, 0.2) is 0 Å². The second-order valence-electron chi connectivity index (χ2n) is 4.39. The van der Waals surface area contributed by atoms with Crippen LogP contribution < -0.4 is 11.1 Å². The topological polar surface area (TPSA) is 58.4 Å². The Bertz CT molecular complexity index is 200. The maximum absolute atomic E-state index is 11.8. The molecule has 0 bridgehead atoms. The summed E-state index contributed by atoms with van der Waals surface area (Å²) in [6.45, 7) is 6.60. The van der Waals surface area contributed by atoms with E-state index in [-0.39, 0.29) is 5.91 Å². The van der Waals surface area contributed by atoms with Crippen molar-refractivity contribution < 1.29 is 4.79 Å². The maximum Gasteiger partial charge on any atom is 0.240 e. The zero-order valence-electron chi connectivity index (χ0n) is 10.6. The van der Waals surface area contributed by atoms with Crippen LogP contribution in [0.3, 0.4) is 0 Å². The highest BCUT2D eigenvalue weighted by atomic mass is 16.2. The molecule has 0 aromatic carbocycles. The largest absolute Gasteiger partial charge is 0.353 e.